The van der Waals surface area contributed by atoms with E-state index >= 15 is 0 Å². The van der Waals surface area contributed by atoms with E-state index in [9.17, 15) is 0 Å². The molecule has 2 aromatic heterocycles. The van der Waals surface area contributed by atoms with Crippen LogP contribution in [0.5, 0.6) is 0 Å². The first-order chi connectivity index (χ1) is 10.4. The number of aromatic nitrogens is 3. The third kappa shape index (κ3) is 2.90. The van der Waals surface area contributed by atoms with Gasteiger partial charge in [0.05, 0.1) is 5.52 Å². The number of nitrogens with zero attached hydrogens (tertiary/aromatic N) is 4. The predicted octanol–water partition coefficient (Wildman–Crippen LogP) is 2.58. The van der Waals surface area contributed by atoms with Crippen molar-refractivity contribution < 1.29 is 0 Å². The van der Waals surface area contributed by atoms with Gasteiger partial charge in [0.25, 0.3) is 0 Å². The molecule has 0 bridgehead atoms. The van der Waals surface area contributed by atoms with Crippen molar-refractivity contribution in [1.29, 1.82) is 0 Å². The first-order valence-corrected chi connectivity index (χ1v) is 7.83. The average Bonchev–Trinajstić information content (AvgIpc) is 3.05. The summed E-state index contributed by atoms with van der Waals surface area (Å²) in [5, 5.41) is 5.47. The van der Waals surface area contributed by atoms with E-state index in [2.05, 4.69) is 36.7 Å². The molecule has 5 nitrogen and oxygen atoms in total. The van der Waals surface area contributed by atoms with E-state index in [1.165, 1.54) is 11.5 Å². The summed E-state index contributed by atoms with van der Waals surface area (Å²) in [6.45, 7) is 3.98. The Kier molecular flexibility index (Phi) is 4.52. The molecule has 0 unspecified atom stereocenters. The number of halogens is 1. The van der Waals surface area contributed by atoms with Crippen LogP contribution >= 0.6 is 23.9 Å². The number of anilines is 1. The highest BCUT2D eigenvalue weighted by atomic mass is 35.5. The first kappa shape index (κ1) is 15.1. The molecule has 0 saturated carbocycles. The van der Waals surface area contributed by atoms with Crippen molar-refractivity contribution in [2.45, 2.75) is 0 Å². The van der Waals surface area contributed by atoms with Crippen LogP contribution in [0, 0.1) is 0 Å². The number of pyridine rings is 1. The Morgan fingerprint density at radius 2 is 1.82 bits per heavy atom. The van der Waals surface area contributed by atoms with Crippen molar-refractivity contribution in [2.75, 3.05) is 31.1 Å². The molecule has 1 fully saturated rings. The number of nitrogens with one attached hydrogen (secondary N) is 1. The molecule has 3 aromatic rings. The van der Waals surface area contributed by atoms with Gasteiger partial charge < -0.3 is 10.2 Å². The summed E-state index contributed by atoms with van der Waals surface area (Å²) in [5.41, 5.74) is 1.82. The second-order valence-corrected chi connectivity index (χ2v) is 5.76. The van der Waals surface area contributed by atoms with E-state index in [1.807, 2.05) is 24.3 Å². The topological polar surface area (TPSA) is 53.9 Å². The molecule has 0 amide bonds. The predicted molar refractivity (Wildman–Crippen MR) is 93.0 cm³/mol. The molecule has 4 rings (SSSR count). The summed E-state index contributed by atoms with van der Waals surface area (Å²) >= 11 is 1.45. The molecule has 0 atom stereocenters. The van der Waals surface area contributed by atoms with Crippen molar-refractivity contribution >= 4 is 40.0 Å². The highest BCUT2D eigenvalue weighted by Crippen LogP contribution is 2.24. The highest BCUT2D eigenvalue weighted by molar-refractivity contribution is 7.09. The number of para-hydroxylation sites is 1. The molecule has 1 N–H and O–H groups in total. The zero-order valence-corrected chi connectivity index (χ0v) is 13.5. The normalized spacial score (nSPS) is 14.8. The van der Waals surface area contributed by atoms with Crippen LogP contribution in [0.4, 0.5) is 5.13 Å². The standard InChI is InChI=1S/C15H15N5S.ClH/c1-2-4-12-11(3-1)5-6-13(17-12)14-18-15(21-19-14)20-9-7-16-8-10-20;/h1-6,16H,7-10H2;1H. The molecule has 1 aromatic carbocycles. The van der Waals surface area contributed by atoms with Crippen LogP contribution in [0.3, 0.4) is 0 Å². The molecule has 3 heterocycles. The summed E-state index contributed by atoms with van der Waals surface area (Å²) in [7, 11) is 0. The van der Waals surface area contributed by atoms with Crippen LogP contribution in [0.2, 0.25) is 0 Å². The molecule has 0 aliphatic carbocycles. The molecule has 22 heavy (non-hydrogen) atoms. The van der Waals surface area contributed by atoms with Gasteiger partial charge in [0.2, 0.25) is 5.13 Å². The minimum absolute atomic E-state index is 0. The number of rotatable bonds is 2. The minimum atomic E-state index is 0. The largest absolute Gasteiger partial charge is 0.344 e. The molecular weight excluding hydrogens is 318 g/mol. The Morgan fingerprint density at radius 3 is 2.68 bits per heavy atom. The molecular formula is C15H16ClN5S. The third-order valence-corrected chi connectivity index (χ3v) is 4.41. The van der Waals surface area contributed by atoms with Crippen molar-refractivity contribution in [3.8, 4) is 11.5 Å². The van der Waals surface area contributed by atoms with E-state index in [4.69, 9.17) is 0 Å². The highest BCUT2D eigenvalue weighted by Gasteiger charge is 2.16. The summed E-state index contributed by atoms with van der Waals surface area (Å²) in [4.78, 5) is 11.6. The molecule has 1 aliphatic heterocycles. The summed E-state index contributed by atoms with van der Waals surface area (Å²) in [6, 6.07) is 12.2. The Hall–Kier alpha value is -1.76. The second-order valence-electron chi connectivity index (χ2n) is 5.03. The van der Waals surface area contributed by atoms with Crippen molar-refractivity contribution in [3.63, 3.8) is 0 Å². The van der Waals surface area contributed by atoms with Crippen LogP contribution < -0.4 is 10.2 Å². The van der Waals surface area contributed by atoms with Gasteiger partial charge >= 0.3 is 0 Å². The summed E-state index contributed by atoms with van der Waals surface area (Å²) < 4.78 is 4.47. The molecule has 0 radical (unpaired) electrons. The molecule has 1 saturated heterocycles. The number of hydrogen-bond donors (Lipinski definition) is 1. The lowest BCUT2D eigenvalue weighted by Crippen LogP contribution is -2.43. The smallest absolute Gasteiger partial charge is 0.205 e. The average molecular weight is 334 g/mol. The summed E-state index contributed by atoms with van der Waals surface area (Å²) in [6.07, 6.45) is 0. The van der Waals surface area contributed by atoms with Crippen molar-refractivity contribution in [1.82, 2.24) is 19.7 Å². The molecule has 114 valence electrons. The van der Waals surface area contributed by atoms with Crippen LogP contribution in [0.1, 0.15) is 0 Å². The van der Waals surface area contributed by atoms with Gasteiger partial charge in [0, 0.05) is 43.1 Å². The van der Waals surface area contributed by atoms with E-state index in [-0.39, 0.29) is 12.4 Å². The molecule has 7 heteroatoms. The number of fused-ring (bicyclic) bond motifs is 1. The van der Waals surface area contributed by atoms with Gasteiger partial charge in [-0.2, -0.15) is 9.36 Å². The fraction of sp³-hybridized carbons (Fsp3) is 0.267. The van der Waals surface area contributed by atoms with Gasteiger partial charge in [-0.3, -0.25) is 0 Å². The van der Waals surface area contributed by atoms with Crippen LogP contribution in [-0.4, -0.2) is 40.5 Å². The van der Waals surface area contributed by atoms with E-state index in [1.54, 1.807) is 0 Å². The lowest BCUT2D eigenvalue weighted by Gasteiger charge is -2.26. The van der Waals surface area contributed by atoms with E-state index in [0.29, 0.717) is 0 Å². The van der Waals surface area contributed by atoms with Crippen molar-refractivity contribution in [3.05, 3.63) is 36.4 Å². The first-order valence-electron chi connectivity index (χ1n) is 7.06. The zero-order chi connectivity index (χ0) is 14.1. The van der Waals surface area contributed by atoms with Crippen LogP contribution in [0.25, 0.3) is 22.4 Å². The van der Waals surface area contributed by atoms with Gasteiger partial charge in [-0.05, 0) is 12.1 Å². The van der Waals surface area contributed by atoms with Gasteiger partial charge in [-0.15, -0.1) is 12.4 Å². The quantitative estimate of drug-likeness (QED) is 0.781. The van der Waals surface area contributed by atoms with E-state index < -0.39 is 0 Å². The van der Waals surface area contributed by atoms with Gasteiger partial charge in [0.1, 0.15) is 5.69 Å². The van der Waals surface area contributed by atoms with Crippen LogP contribution in [-0.2, 0) is 0 Å². The summed E-state index contributed by atoms with van der Waals surface area (Å²) in [5.74, 6) is 0.722. The lowest BCUT2D eigenvalue weighted by atomic mass is 10.2. The van der Waals surface area contributed by atoms with Gasteiger partial charge in [-0.1, -0.05) is 24.3 Å². The van der Waals surface area contributed by atoms with Gasteiger partial charge in [0.15, 0.2) is 5.82 Å². The maximum atomic E-state index is 4.65. The number of benzene rings is 1. The lowest BCUT2D eigenvalue weighted by molar-refractivity contribution is 0.588. The maximum Gasteiger partial charge on any atom is 0.205 e. The number of hydrogen-bond acceptors (Lipinski definition) is 6. The second kappa shape index (κ2) is 6.56. The third-order valence-electron chi connectivity index (χ3n) is 3.63. The maximum absolute atomic E-state index is 4.65. The monoisotopic (exact) mass is 333 g/mol. The van der Waals surface area contributed by atoms with Gasteiger partial charge in [-0.25, -0.2) is 4.98 Å². The van der Waals surface area contributed by atoms with Crippen LogP contribution in [0.15, 0.2) is 36.4 Å². The molecule has 1 aliphatic rings. The SMILES string of the molecule is Cl.c1ccc2nc(-c3nsc(N4CCNCC4)n3)ccc2c1. The molecule has 0 spiro atoms. The fourth-order valence-corrected chi connectivity index (χ4v) is 3.22. The zero-order valence-electron chi connectivity index (χ0n) is 11.9. The number of piperazine rings is 1. The minimum Gasteiger partial charge on any atom is -0.344 e. The Labute approximate surface area is 139 Å². The fourth-order valence-electron chi connectivity index (χ4n) is 2.49. The Morgan fingerprint density at radius 1 is 1.00 bits per heavy atom. The Balaban J connectivity index is 0.00000144. The van der Waals surface area contributed by atoms with Crippen molar-refractivity contribution in [2.24, 2.45) is 0 Å². The Bertz CT molecular complexity index is 769. The van der Waals surface area contributed by atoms with E-state index in [0.717, 1.165) is 53.7 Å².